The first kappa shape index (κ1) is 15.0. The second kappa shape index (κ2) is 6.75. The molecule has 0 aliphatic carbocycles. The van der Waals surface area contributed by atoms with Gasteiger partial charge in [0, 0.05) is 5.69 Å². The van der Waals surface area contributed by atoms with E-state index in [-0.39, 0.29) is 5.75 Å². The Labute approximate surface area is 110 Å². The smallest absolute Gasteiger partial charge is 0.232 e. The van der Waals surface area contributed by atoms with Gasteiger partial charge in [0.1, 0.15) is 0 Å². The molecule has 3 N–H and O–H groups in total. The zero-order valence-corrected chi connectivity index (χ0v) is 11.8. The van der Waals surface area contributed by atoms with E-state index in [9.17, 15) is 8.42 Å². The van der Waals surface area contributed by atoms with Crippen molar-refractivity contribution in [2.24, 2.45) is 11.7 Å². The summed E-state index contributed by atoms with van der Waals surface area (Å²) in [6, 6.07) is 7.34. The van der Waals surface area contributed by atoms with Gasteiger partial charge in [-0.25, -0.2) is 8.42 Å². The van der Waals surface area contributed by atoms with Crippen molar-refractivity contribution in [1.29, 1.82) is 0 Å². The molecule has 102 valence electrons. The molecular weight excluding hydrogens is 248 g/mol. The Morgan fingerprint density at radius 3 is 2.33 bits per heavy atom. The molecule has 0 aliphatic rings. The first-order valence-electron chi connectivity index (χ1n) is 6.22. The van der Waals surface area contributed by atoms with Crippen molar-refractivity contribution in [3.8, 4) is 0 Å². The molecule has 0 unspecified atom stereocenters. The van der Waals surface area contributed by atoms with Gasteiger partial charge in [-0.2, -0.15) is 0 Å². The number of anilines is 1. The third-order valence-electron chi connectivity index (χ3n) is 2.62. The molecule has 0 saturated carbocycles. The second-order valence-electron chi connectivity index (χ2n) is 4.84. The predicted molar refractivity (Wildman–Crippen MR) is 76.1 cm³/mol. The third-order valence-corrected chi connectivity index (χ3v) is 3.94. The Morgan fingerprint density at radius 1 is 1.22 bits per heavy atom. The van der Waals surface area contributed by atoms with E-state index in [4.69, 9.17) is 5.73 Å². The van der Waals surface area contributed by atoms with E-state index in [1.807, 2.05) is 26.0 Å². The molecule has 5 heteroatoms. The first-order chi connectivity index (χ1) is 8.43. The summed E-state index contributed by atoms with van der Waals surface area (Å²) in [5.41, 5.74) is 7.18. The lowest BCUT2D eigenvalue weighted by Gasteiger charge is -2.09. The fourth-order valence-electron chi connectivity index (χ4n) is 1.53. The van der Waals surface area contributed by atoms with E-state index in [2.05, 4.69) is 4.72 Å². The molecule has 0 aliphatic heterocycles. The number of rotatable bonds is 7. The van der Waals surface area contributed by atoms with Crippen molar-refractivity contribution in [2.75, 3.05) is 17.0 Å². The van der Waals surface area contributed by atoms with Gasteiger partial charge in [0.05, 0.1) is 5.75 Å². The Balaban J connectivity index is 2.61. The molecule has 1 aromatic carbocycles. The van der Waals surface area contributed by atoms with Crippen LogP contribution < -0.4 is 10.5 Å². The van der Waals surface area contributed by atoms with Crippen molar-refractivity contribution >= 4 is 15.7 Å². The van der Waals surface area contributed by atoms with Crippen LogP contribution in [0.15, 0.2) is 24.3 Å². The monoisotopic (exact) mass is 270 g/mol. The molecule has 0 saturated heterocycles. The normalized spacial score (nSPS) is 11.8. The number of benzene rings is 1. The van der Waals surface area contributed by atoms with Crippen LogP contribution in [0.4, 0.5) is 5.69 Å². The summed E-state index contributed by atoms with van der Waals surface area (Å²) >= 11 is 0. The minimum atomic E-state index is -3.23. The van der Waals surface area contributed by atoms with Crippen molar-refractivity contribution in [2.45, 2.75) is 26.7 Å². The molecule has 0 radical (unpaired) electrons. The predicted octanol–water partition coefficient (Wildman–Crippen LogP) is 1.98. The lowest BCUT2D eigenvalue weighted by Crippen LogP contribution is -2.17. The topological polar surface area (TPSA) is 72.2 Å². The minimum absolute atomic E-state index is 0.162. The van der Waals surface area contributed by atoms with Crippen molar-refractivity contribution in [3.63, 3.8) is 0 Å². The van der Waals surface area contributed by atoms with Crippen LogP contribution in [0, 0.1) is 5.92 Å². The summed E-state index contributed by atoms with van der Waals surface area (Å²) in [5.74, 6) is 0.545. The molecule has 0 fully saturated rings. The van der Waals surface area contributed by atoms with Crippen molar-refractivity contribution in [1.82, 2.24) is 0 Å². The highest BCUT2D eigenvalue weighted by Crippen LogP contribution is 2.13. The van der Waals surface area contributed by atoms with Gasteiger partial charge < -0.3 is 5.73 Å². The summed E-state index contributed by atoms with van der Waals surface area (Å²) in [5, 5.41) is 0. The van der Waals surface area contributed by atoms with Crippen LogP contribution in [-0.2, 0) is 16.4 Å². The number of hydrogen-bond donors (Lipinski definition) is 2. The number of nitrogens with one attached hydrogen (secondary N) is 1. The van der Waals surface area contributed by atoms with E-state index in [1.165, 1.54) is 0 Å². The molecular formula is C13H22N2O2S. The van der Waals surface area contributed by atoms with E-state index < -0.39 is 10.0 Å². The van der Waals surface area contributed by atoms with Crippen LogP contribution >= 0.6 is 0 Å². The Bertz CT molecular complexity index is 452. The van der Waals surface area contributed by atoms with Crippen LogP contribution in [0.2, 0.25) is 0 Å². The first-order valence-corrected chi connectivity index (χ1v) is 7.87. The highest BCUT2D eigenvalue weighted by Gasteiger charge is 2.11. The molecule has 0 heterocycles. The lowest BCUT2D eigenvalue weighted by molar-refractivity contribution is 0.578. The van der Waals surface area contributed by atoms with Crippen LogP contribution in [0.25, 0.3) is 0 Å². The second-order valence-corrected chi connectivity index (χ2v) is 6.68. The Hall–Kier alpha value is -1.07. The highest BCUT2D eigenvalue weighted by atomic mass is 32.2. The third kappa shape index (κ3) is 5.51. The van der Waals surface area contributed by atoms with Crippen molar-refractivity contribution < 1.29 is 8.42 Å². The molecule has 1 rings (SSSR count). The van der Waals surface area contributed by atoms with Crippen LogP contribution in [0.1, 0.15) is 25.8 Å². The number of sulfonamides is 1. The van der Waals surface area contributed by atoms with Gasteiger partial charge in [-0.3, -0.25) is 4.72 Å². The average Bonchev–Trinajstić information content (AvgIpc) is 2.29. The molecule has 0 spiro atoms. The Kier molecular flexibility index (Phi) is 5.62. The molecule has 0 aromatic heterocycles. The fraction of sp³-hybridized carbons (Fsp3) is 0.538. The summed E-state index contributed by atoms with van der Waals surface area (Å²) in [7, 11) is -3.23. The van der Waals surface area contributed by atoms with Crippen LogP contribution in [-0.4, -0.2) is 20.7 Å². The van der Waals surface area contributed by atoms with Gasteiger partial charge in [-0.15, -0.1) is 0 Å². The minimum Gasteiger partial charge on any atom is -0.330 e. The van der Waals surface area contributed by atoms with E-state index in [1.54, 1.807) is 12.1 Å². The maximum absolute atomic E-state index is 11.8. The largest absolute Gasteiger partial charge is 0.330 e. The average molecular weight is 270 g/mol. The van der Waals surface area contributed by atoms with Gasteiger partial charge in [0.25, 0.3) is 0 Å². The molecule has 0 atom stereocenters. The van der Waals surface area contributed by atoms with E-state index >= 15 is 0 Å². The van der Waals surface area contributed by atoms with Crippen molar-refractivity contribution in [3.05, 3.63) is 29.8 Å². The van der Waals surface area contributed by atoms with Gasteiger partial charge >= 0.3 is 0 Å². The molecule has 1 aromatic rings. The molecule has 0 amide bonds. The summed E-state index contributed by atoms with van der Waals surface area (Å²) in [6.45, 7) is 4.62. The van der Waals surface area contributed by atoms with Gasteiger partial charge in [-0.05, 0) is 43.0 Å². The maximum atomic E-state index is 11.8. The molecule has 4 nitrogen and oxygen atoms in total. The standard InChI is InChI=1S/C13H22N2O2S/c1-11(2)8-10-18(16,17)15-13-5-3-12(4-6-13)7-9-14/h3-6,11,15H,7-10,14H2,1-2H3. The van der Waals surface area contributed by atoms with Gasteiger partial charge in [-0.1, -0.05) is 26.0 Å². The van der Waals surface area contributed by atoms with Crippen LogP contribution in [0.5, 0.6) is 0 Å². The van der Waals surface area contributed by atoms with Crippen LogP contribution in [0.3, 0.4) is 0 Å². The lowest BCUT2D eigenvalue weighted by atomic mass is 10.1. The van der Waals surface area contributed by atoms with E-state index in [0.29, 0.717) is 24.6 Å². The Morgan fingerprint density at radius 2 is 1.83 bits per heavy atom. The van der Waals surface area contributed by atoms with E-state index in [0.717, 1.165) is 12.0 Å². The number of nitrogens with two attached hydrogens (primary N) is 1. The molecule has 0 bridgehead atoms. The van der Waals surface area contributed by atoms with Gasteiger partial charge in [0.15, 0.2) is 0 Å². The van der Waals surface area contributed by atoms with Gasteiger partial charge in [0.2, 0.25) is 10.0 Å². The zero-order valence-electron chi connectivity index (χ0n) is 11.0. The quantitative estimate of drug-likeness (QED) is 0.795. The summed E-state index contributed by atoms with van der Waals surface area (Å²) < 4.78 is 26.2. The molecule has 18 heavy (non-hydrogen) atoms. The number of hydrogen-bond acceptors (Lipinski definition) is 3. The summed E-state index contributed by atoms with van der Waals surface area (Å²) in [6.07, 6.45) is 1.47. The zero-order chi connectivity index (χ0) is 13.6. The highest BCUT2D eigenvalue weighted by molar-refractivity contribution is 7.92. The fourth-order valence-corrected chi connectivity index (χ4v) is 2.91. The summed E-state index contributed by atoms with van der Waals surface area (Å²) in [4.78, 5) is 0. The SMILES string of the molecule is CC(C)CCS(=O)(=O)Nc1ccc(CCN)cc1. The maximum Gasteiger partial charge on any atom is 0.232 e.